The van der Waals surface area contributed by atoms with E-state index >= 15 is 0 Å². The van der Waals surface area contributed by atoms with Crippen LogP contribution < -0.4 is 5.73 Å². The quantitative estimate of drug-likeness (QED) is 0.484. The lowest BCUT2D eigenvalue weighted by Gasteiger charge is -1.81. The summed E-state index contributed by atoms with van der Waals surface area (Å²) < 4.78 is 0. The van der Waals surface area contributed by atoms with Crippen molar-refractivity contribution in [1.82, 2.24) is 0 Å². The first-order valence-corrected chi connectivity index (χ1v) is 2.59. The van der Waals surface area contributed by atoms with Gasteiger partial charge in [0.1, 0.15) is 0 Å². The van der Waals surface area contributed by atoms with E-state index in [2.05, 4.69) is 0 Å². The minimum absolute atomic E-state index is 0.0810. The molecule has 0 aliphatic heterocycles. The Kier molecular flexibility index (Phi) is 3.17. The van der Waals surface area contributed by atoms with Crippen LogP contribution in [0.4, 0.5) is 0 Å². The fraction of sp³-hybridized carbons (Fsp3) is 0.667. The van der Waals surface area contributed by atoms with Crippen LogP contribution in [0.1, 0.15) is 6.92 Å². The molecular weight excluding hydrogens is 98.1 g/mol. The Labute approximate surface area is 41.1 Å². The molecular formula is C3H7NOS. The van der Waals surface area contributed by atoms with E-state index in [1.165, 1.54) is 6.92 Å². The SMILES string of the molecule is CC(=O)SCN. The smallest absolute Gasteiger partial charge is 0.187 e. The normalized spacial score (nSPS) is 8.33. The standard InChI is InChI=1S/C3H7NOS/c1-3(5)6-2-4/h2,4H2,1H3. The third kappa shape index (κ3) is 3.98. The molecule has 0 bridgehead atoms. The van der Waals surface area contributed by atoms with Crippen LogP contribution in [0.2, 0.25) is 0 Å². The van der Waals surface area contributed by atoms with Gasteiger partial charge in [-0.3, -0.25) is 4.79 Å². The summed E-state index contributed by atoms with van der Waals surface area (Å²) in [6.45, 7) is 1.50. The van der Waals surface area contributed by atoms with Crippen molar-refractivity contribution in [2.75, 3.05) is 5.88 Å². The van der Waals surface area contributed by atoms with Crippen LogP contribution in [0.3, 0.4) is 0 Å². The average molecular weight is 105 g/mol. The van der Waals surface area contributed by atoms with Gasteiger partial charge in [-0.15, -0.1) is 0 Å². The summed E-state index contributed by atoms with van der Waals surface area (Å²) in [6.07, 6.45) is 0. The fourth-order valence-electron chi connectivity index (χ4n) is 0.117. The summed E-state index contributed by atoms with van der Waals surface area (Å²) in [4.78, 5) is 9.93. The largest absolute Gasteiger partial charge is 0.322 e. The number of carbonyl (C=O) groups is 1. The Morgan fingerprint density at radius 3 is 2.50 bits per heavy atom. The van der Waals surface area contributed by atoms with Gasteiger partial charge in [-0.2, -0.15) is 0 Å². The maximum atomic E-state index is 9.93. The van der Waals surface area contributed by atoms with Gasteiger partial charge < -0.3 is 5.73 Å². The lowest BCUT2D eigenvalue weighted by Crippen LogP contribution is -1.95. The third-order valence-electron chi connectivity index (χ3n) is 0.287. The highest BCUT2D eigenvalue weighted by Crippen LogP contribution is 1.92. The Balaban J connectivity index is 2.83. The molecule has 0 aromatic carbocycles. The van der Waals surface area contributed by atoms with Gasteiger partial charge in [0.2, 0.25) is 0 Å². The van der Waals surface area contributed by atoms with Crippen LogP contribution in [0.5, 0.6) is 0 Å². The van der Waals surface area contributed by atoms with Gasteiger partial charge in [0.25, 0.3) is 0 Å². The second kappa shape index (κ2) is 3.18. The van der Waals surface area contributed by atoms with Crippen LogP contribution >= 0.6 is 11.8 Å². The van der Waals surface area contributed by atoms with Crippen LogP contribution in [-0.4, -0.2) is 11.0 Å². The van der Waals surface area contributed by atoms with Gasteiger partial charge in [-0.1, -0.05) is 11.8 Å². The molecule has 2 N–H and O–H groups in total. The van der Waals surface area contributed by atoms with Crippen LogP contribution in [0.15, 0.2) is 0 Å². The van der Waals surface area contributed by atoms with Gasteiger partial charge in [0, 0.05) is 12.8 Å². The van der Waals surface area contributed by atoms with Crippen molar-refractivity contribution in [2.24, 2.45) is 5.73 Å². The van der Waals surface area contributed by atoms with Crippen molar-refractivity contribution >= 4 is 16.9 Å². The van der Waals surface area contributed by atoms with E-state index in [0.29, 0.717) is 5.88 Å². The maximum Gasteiger partial charge on any atom is 0.187 e. The molecule has 0 saturated carbocycles. The molecule has 0 amide bonds. The monoisotopic (exact) mass is 105 g/mol. The Hall–Kier alpha value is -0.0200. The highest BCUT2D eigenvalue weighted by molar-refractivity contribution is 8.13. The van der Waals surface area contributed by atoms with Gasteiger partial charge in [0.15, 0.2) is 5.12 Å². The summed E-state index contributed by atoms with van der Waals surface area (Å²) in [5.41, 5.74) is 4.97. The molecule has 0 aromatic rings. The van der Waals surface area contributed by atoms with E-state index in [0.717, 1.165) is 11.8 Å². The molecule has 0 radical (unpaired) electrons. The zero-order chi connectivity index (χ0) is 4.99. The van der Waals surface area contributed by atoms with Crippen LogP contribution in [-0.2, 0) is 4.79 Å². The number of rotatable bonds is 1. The molecule has 2 nitrogen and oxygen atoms in total. The Morgan fingerprint density at radius 2 is 2.50 bits per heavy atom. The van der Waals surface area contributed by atoms with Crippen molar-refractivity contribution in [3.8, 4) is 0 Å². The number of hydrogen-bond donors (Lipinski definition) is 1. The minimum Gasteiger partial charge on any atom is -0.322 e. The van der Waals surface area contributed by atoms with Crippen LogP contribution in [0.25, 0.3) is 0 Å². The summed E-state index contributed by atoms with van der Waals surface area (Å²) in [5.74, 6) is 0.398. The van der Waals surface area contributed by atoms with Crippen LogP contribution in [0, 0.1) is 0 Å². The molecule has 0 saturated heterocycles. The summed E-state index contributed by atoms with van der Waals surface area (Å²) >= 11 is 1.12. The topological polar surface area (TPSA) is 43.1 Å². The van der Waals surface area contributed by atoms with Crippen molar-refractivity contribution in [2.45, 2.75) is 6.92 Å². The first-order chi connectivity index (χ1) is 2.77. The van der Waals surface area contributed by atoms with Gasteiger partial charge in [-0.25, -0.2) is 0 Å². The van der Waals surface area contributed by atoms with Crippen molar-refractivity contribution in [3.05, 3.63) is 0 Å². The molecule has 0 rings (SSSR count). The first kappa shape index (κ1) is 5.98. The summed E-state index contributed by atoms with van der Waals surface area (Å²) in [5, 5.41) is 0.0810. The third-order valence-corrected chi connectivity index (χ3v) is 0.860. The molecule has 0 aromatic heterocycles. The highest BCUT2D eigenvalue weighted by Gasteiger charge is 1.84. The molecule has 0 unspecified atom stereocenters. The Bertz CT molecular complexity index is 54.8. The number of thioether (sulfide) groups is 1. The minimum atomic E-state index is 0.0810. The van der Waals surface area contributed by atoms with E-state index in [1.54, 1.807) is 0 Å². The molecule has 36 valence electrons. The van der Waals surface area contributed by atoms with Gasteiger partial charge in [-0.05, 0) is 0 Å². The lowest BCUT2D eigenvalue weighted by molar-refractivity contribution is -0.109. The molecule has 3 heteroatoms. The van der Waals surface area contributed by atoms with E-state index < -0.39 is 0 Å². The van der Waals surface area contributed by atoms with E-state index in [9.17, 15) is 4.79 Å². The summed E-state index contributed by atoms with van der Waals surface area (Å²) in [6, 6.07) is 0. The predicted octanol–water partition coefficient (Wildman–Crippen LogP) is 0.182. The van der Waals surface area contributed by atoms with Crippen molar-refractivity contribution < 1.29 is 4.79 Å². The average Bonchev–Trinajstić information content (AvgIpc) is 1.35. The molecule has 0 aliphatic rings. The second-order valence-corrected chi connectivity index (χ2v) is 2.00. The first-order valence-electron chi connectivity index (χ1n) is 1.61. The maximum absolute atomic E-state index is 9.93. The Morgan fingerprint density at radius 1 is 2.00 bits per heavy atom. The van der Waals surface area contributed by atoms with E-state index in [-0.39, 0.29) is 5.12 Å². The lowest BCUT2D eigenvalue weighted by atomic mass is 10.9. The molecule has 0 heterocycles. The molecule has 0 spiro atoms. The number of carbonyl (C=O) groups excluding carboxylic acids is 1. The van der Waals surface area contributed by atoms with E-state index in [1.807, 2.05) is 0 Å². The number of nitrogens with two attached hydrogens (primary N) is 1. The van der Waals surface area contributed by atoms with E-state index in [4.69, 9.17) is 5.73 Å². The summed E-state index contributed by atoms with van der Waals surface area (Å²) in [7, 11) is 0. The van der Waals surface area contributed by atoms with Crippen molar-refractivity contribution in [3.63, 3.8) is 0 Å². The van der Waals surface area contributed by atoms with Gasteiger partial charge >= 0.3 is 0 Å². The molecule has 0 aliphatic carbocycles. The number of hydrogen-bond acceptors (Lipinski definition) is 3. The molecule has 6 heavy (non-hydrogen) atoms. The predicted molar refractivity (Wildman–Crippen MR) is 27.3 cm³/mol. The van der Waals surface area contributed by atoms with Crippen molar-refractivity contribution in [1.29, 1.82) is 0 Å². The highest BCUT2D eigenvalue weighted by atomic mass is 32.2. The van der Waals surface area contributed by atoms with Gasteiger partial charge in [0.05, 0.1) is 0 Å². The fourth-order valence-corrected chi connectivity index (χ4v) is 0.352. The zero-order valence-electron chi connectivity index (χ0n) is 3.60. The molecule has 0 fully saturated rings. The second-order valence-electron chi connectivity index (χ2n) is 0.803. The molecule has 0 atom stereocenters. The zero-order valence-corrected chi connectivity index (χ0v) is 4.42.